The standard InChI is InChI=1S/C18H35NO/c1-3-5-7-9-11-16(12-10-8-6-4-2)15-17-13-14-18(20)19-17/h16-17H,3-15H2,1-2H3,(H,19,20)/t17-/m0/s1. The van der Waals surface area contributed by atoms with E-state index in [0.717, 1.165) is 18.8 Å². The van der Waals surface area contributed by atoms with Crippen molar-refractivity contribution in [2.75, 3.05) is 0 Å². The molecule has 20 heavy (non-hydrogen) atoms. The molecule has 1 atom stereocenters. The summed E-state index contributed by atoms with van der Waals surface area (Å²) in [6.45, 7) is 4.55. The van der Waals surface area contributed by atoms with Crippen molar-refractivity contribution in [3.63, 3.8) is 0 Å². The van der Waals surface area contributed by atoms with Crippen LogP contribution in [0.5, 0.6) is 0 Å². The molecule has 0 radical (unpaired) electrons. The Balaban J connectivity index is 2.23. The first-order valence-corrected chi connectivity index (χ1v) is 9.05. The maximum atomic E-state index is 11.3. The summed E-state index contributed by atoms with van der Waals surface area (Å²) >= 11 is 0. The molecule has 0 aromatic carbocycles. The lowest BCUT2D eigenvalue weighted by Crippen LogP contribution is -2.27. The van der Waals surface area contributed by atoms with Crippen molar-refractivity contribution in [3.8, 4) is 0 Å². The minimum absolute atomic E-state index is 0.269. The van der Waals surface area contributed by atoms with Gasteiger partial charge in [-0.15, -0.1) is 0 Å². The number of carbonyl (C=O) groups is 1. The van der Waals surface area contributed by atoms with Gasteiger partial charge < -0.3 is 5.32 Å². The van der Waals surface area contributed by atoms with Crippen molar-refractivity contribution in [3.05, 3.63) is 0 Å². The lowest BCUT2D eigenvalue weighted by atomic mass is 9.88. The fraction of sp³-hybridized carbons (Fsp3) is 0.944. The SMILES string of the molecule is CCCCCCC(CCCCCC)C[C@@H]1CCC(=O)N1. The molecule has 1 rings (SSSR count). The zero-order valence-electron chi connectivity index (χ0n) is 13.8. The van der Waals surface area contributed by atoms with Gasteiger partial charge in [-0.1, -0.05) is 78.1 Å². The van der Waals surface area contributed by atoms with E-state index in [0.29, 0.717) is 6.04 Å². The third-order valence-electron chi connectivity index (χ3n) is 4.63. The Bertz CT molecular complexity index is 240. The second kappa shape index (κ2) is 11.2. The average molecular weight is 281 g/mol. The van der Waals surface area contributed by atoms with E-state index in [1.165, 1.54) is 70.6 Å². The first kappa shape index (κ1) is 17.5. The minimum atomic E-state index is 0.269. The van der Waals surface area contributed by atoms with Crippen LogP contribution in [0.2, 0.25) is 0 Å². The van der Waals surface area contributed by atoms with Crippen LogP contribution in [0.1, 0.15) is 97.3 Å². The summed E-state index contributed by atoms with van der Waals surface area (Å²) in [4.78, 5) is 11.3. The number of carbonyl (C=O) groups excluding carboxylic acids is 1. The van der Waals surface area contributed by atoms with E-state index < -0.39 is 0 Å². The highest BCUT2D eigenvalue weighted by Crippen LogP contribution is 2.25. The third kappa shape index (κ3) is 7.91. The zero-order valence-corrected chi connectivity index (χ0v) is 13.8. The fourth-order valence-corrected chi connectivity index (χ4v) is 3.36. The van der Waals surface area contributed by atoms with Gasteiger partial charge in [0.05, 0.1) is 0 Å². The Morgan fingerprint density at radius 2 is 1.60 bits per heavy atom. The molecule has 0 saturated carbocycles. The van der Waals surface area contributed by atoms with Crippen LogP contribution in [0, 0.1) is 5.92 Å². The lowest BCUT2D eigenvalue weighted by Gasteiger charge is -2.20. The molecular weight excluding hydrogens is 246 g/mol. The second-order valence-electron chi connectivity index (χ2n) is 6.60. The van der Waals surface area contributed by atoms with Crippen LogP contribution < -0.4 is 5.32 Å². The van der Waals surface area contributed by atoms with Crippen LogP contribution in [-0.4, -0.2) is 11.9 Å². The molecular formula is C18H35NO. The molecule has 118 valence electrons. The van der Waals surface area contributed by atoms with Gasteiger partial charge in [0.15, 0.2) is 0 Å². The van der Waals surface area contributed by atoms with Crippen molar-refractivity contribution >= 4 is 5.91 Å². The topological polar surface area (TPSA) is 29.1 Å². The van der Waals surface area contributed by atoms with Crippen LogP contribution in [0.15, 0.2) is 0 Å². The van der Waals surface area contributed by atoms with E-state index in [-0.39, 0.29) is 5.91 Å². The molecule has 0 aromatic rings. The van der Waals surface area contributed by atoms with Gasteiger partial charge in [-0.05, 0) is 18.8 Å². The van der Waals surface area contributed by atoms with Crippen molar-refractivity contribution in [2.24, 2.45) is 5.92 Å². The predicted octanol–water partition coefficient (Wildman–Crippen LogP) is 5.21. The average Bonchev–Trinajstić information content (AvgIpc) is 2.84. The van der Waals surface area contributed by atoms with Gasteiger partial charge in [0.1, 0.15) is 0 Å². The van der Waals surface area contributed by atoms with Crippen molar-refractivity contribution in [1.29, 1.82) is 0 Å². The molecule has 2 heteroatoms. The fourth-order valence-electron chi connectivity index (χ4n) is 3.36. The smallest absolute Gasteiger partial charge is 0.220 e. The molecule has 1 N–H and O–H groups in total. The first-order chi connectivity index (χ1) is 9.76. The summed E-state index contributed by atoms with van der Waals surface area (Å²) in [5, 5.41) is 3.15. The summed E-state index contributed by atoms with van der Waals surface area (Å²) < 4.78 is 0. The Morgan fingerprint density at radius 3 is 2.05 bits per heavy atom. The summed E-state index contributed by atoms with van der Waals surface area (Å²) in [5.41, 5.74) is 0. The Hall–Kier alpha value is -0.530. The normalized spacial score (nSPS) is 18.8. The maximum absolute atomic E-state index is 11.3. The summed E-state index contributed by atoms with van der Waals surface area (Å²) in [5.74, 6) is 1.11. The van der Waals surface area contributed by atoms with Gasteiger partial charge in [0.25, 0.3) is 0 Å². The van der Waals surface area contributed by atoms with Crippen molar-refractivity contribution in [2.45, 2.75) is 103 Å². The molecule has 0 spiro atoms. The van der Waals surface area contributed by atoms with E-state index >= 15 is 0 Å². The zero-order chi connectivity index (χ0) is 14.6. The lowest BCUT2D eigenvalue weighted by molar-refractivity contribution is -0.119. The quantitative estimate of drug-likeness (QED) is 0.489. The van der Waals surface area contributed by atoms with E-state index in [1.54, 1.807) is 0 Å². The molecule has 0 bridgehead atoms. The molecule has 1 amide bonds. The highest BCUT2D eigenvalue weighted by atomic mass is 16.1. The third-order valence-corrected chi connectivity index (χ3v) is 4.63. The number of unbranched alkanes of at least 4 members (excludes halogenated alkanes) is 6. The van der Waals surface area contributed by atoms with Gasteiger partial charge >= 0.3 is 0 Å². The molecule has 1 fully saturated rings. The Morgan fingerprint density at radius 1 is 1.00 bits per heavy atom. The number of rotatable bonds is 12. The van der Waals surface area contributed by atoms with E-state index in [4.69, 9.17) is 0 Å². The molecule has 1 saturated heterocycles. The van der Waals surface area contributed by atoms with Crippen molar-refractivity contribution < 1.29 is 4.79 Å². The largest absolute Gasteiger partial charge is 0.353 e. The molecule has 0 aliphatic carbocycles. The summed E-state index contributed by atoms with van der Waals surface area (Å²) in [7, 11) is 0. The minimum Gasteiger partial charge on any atom is -0.353 e. The monoisotopic (exact) mass is 281 g/mol. The molecule has 0 aromatic heterocycles. The number of nitrogens with one attached hydrogen (secondary N) is 1. The van der Waals surface area contributed by atoms with Gasteiger partial charge in [0.2, 0.25) is 5.91 Å². The van der Waals surface area contributed by atoms with E-state index in [1.807, 2.05) is 0 Å². The van der Waals surface area contributed by atoms with Gasteiger partial charge in [-0.2, -0.15) is 0 Å². The number of hydrogen-bond donors (Lipinski definition) is 1. The van der Waals surface area contributed by atoms with Crippen LogP contribution in [0.3, 0.4) is 0 Å². The second-order valence-corrected chi connectivity index (χ2v) is 6.60. The van der Waals surface area contributed by atoms with Crippen LogP contribution in [0.25, 0.3) is 0 Å². The van der Waals surface area contributed by atoms with Crippen LogP contribution >= 0.6 is 0 Å². The number of amides is 1. The molecule has 1 aliphatic heterocycles. The van der Waals surface area contributed by atoms with Gasteiger partial charge in [0, 0.05) is 12.5 Å². The number of hydrogen-bond acceptors (Lipinski definition) is 1. The van der Waals surface area contributed by atoms with Crippen LogP contribution in [0.4, 0.5) is 0 Å². The first-order valence-electron chi connectivity index (χ1n) is 9.05. The maximum Gasteiger partial charge on any atom is 0.220 e. The highest BCUT2D eigenvalue weighted by molar-refractivity contribution is 5.78. The Labute approximate surface area is 126 Å². The highest BCUT2D eigenvalue weighted by Gasteiger charge is 2.23. The summed E-state index contributed by atoms with van der Waals surface area (Å²) in [6.07, 6.45) is 16.7. The van der Waals surface area contributed by atoms with E-state index in [2.05, 4.69) is 19.2 Å². The van der Waals surface area contributed by atoms with Crippen LogP contribution in [-0.2, 0) is 4.79 Å². The molecule has 2 nitrogen and oxygen atoms in total. The molecule has 1 aliphatic rings. The predicted molar refractivity (Wildman–Crippen MR) is 86.8 cm³/mol. The van der Waals surface area contributed by atoms with Crippen molar-refractivity contribution in [1.82, 2.24) is 5.32 Å². The van der Waals surface area contributed by atoms with E-state index in [9.17, 15) is 4.79 Å². The van der Waals surface area contributed by atoms with Gasteiger partial charge in [-0.25, -0.2) is 0 Å². The summed E-state index contributed by atoms with van der Waals surface area (Å²) in [6, 6.07) is 0.477. The molecule has 0 unspecified atom stereocenters. The molecule has 1 heterocycles. The van der Waals surface area contributed by atoms with Gasteiger partial charge in [-0.3, -0.25) is 4.79 Å². The Kier molecular flexibility index (Phi) is 9.78.